The summed E-state index contributed by atoms with van der Waals surface area (Å²) in [5.41, 5.74) is 1.72. The molecule has 1 aromatic carbocycles. The first kappa shape index (κ1) is 25.2. The van der Waals surface area contributed by atoms with Gasteiger partial charge < -0.3 is 10.4 Å². The zero-order valence-electron chi connectivity index (χ0n) is 18.6. The molecule has 0 radical (unpaired) electrons. The molecule has 0 fully saturated rings. The number of nitrogens with one attached hydrogen (secondary N) is 1. The van der Waals surface area contributed by atoms with Crippen molar-refractivity contribution < 1.29 is 14.7 Å². The van der Waals surface area contributed by atoms with Gasteiger partial charge in [0, 0.05) is 12.1 Å². The lowest BCUT2D eigenvalue weighted by atomic mass is 10.0. The van der Waals surface area contributed by atoms with Crippen molar-refractivity contribution in [2.75, 3.05) is 5.32 Å². The van der Waals surface area contributed by atoms with Crippen molar-refractivity contribution in [1.82, 2.24) is 0 Å². The summed E-state index contributed by atoms with van der Waals surface area (Å²) in [6.45, 7) is 4.08. The zero-order chi connectivity index (χ0) is 21.3. The Morgan fingerprint density at radius 3 is 1.72 bits per heavy atom. The van der Waals surface area contributed by atoms with E-state index in [9.17, 15) is 9.59 Å². The number of hydrogen-bond donors (Lipinski definition) is 2. The van der Waals surface area contributed by atoms with Gasteiger partial charge in [-0.15, -0.1) is 0 Å². The fourth-order valence-corrected chi connectivity index (χ4v) is 3.63. The topological polar surface area (TPSA) is 66.4 Å². The summed E-state index contributed by atoms with van der Waals surface area (Å²) in [7, 11) is 0. The second kappa shape index (κ2) is 16.0. The Hall–Kier alpha value is -1.84. The Balaban J connectivity index is 1.97. The second-order valence-electron chi connectivity index (χ2n) is 8.23. The third-order valence-electron chi connectivity index (χ3n) is 5.50. The van der Waals surface area contributed by atoms with E-state index in [0.717, 1.165) is 18.4 Å². The summed E-state index contributed by atoms with van der Waals surface area (Å²) in [6, 6.07) is 4.78. The smallest absolute Gasteiger partial charge is 0.335 e. The van der Waals surface area contributed by atoms with E-state index in [-0.39, 0.29) is 11.5 Å². The van der Waals surface area contributed by atoms with E-state index in [1.807, 2.05) is 6.92 Å². The Bertz CT molecular complexity index is 598. The summed E-state index contributed by atoms with van der Waals surface area (Å²) < 4.78 is 0. The lowest BCUT2D eigenvalue weighted by molar-refractivity contribution is -0.116. The van der Waals surface area contributed by atoms with Gasteiger partial charge in [0.1, 0.15) is 0 Å². The molecule has 1 amide bonds. The molecule has 0 saturated heterocycles. The number of rotatable bonds is 17. The van der Waals surface area contributed by atoms with Crippen molar-refractivity contribution in [3.63, 3.8) is 0 Å². The molecule has 1 aromatic rings. The number of carbonyl (C=O) groups excluding carboxylic acids is 1. The molecule has 0 aliphatic heterocycles. The van der Waals surface area contributed by atoms with Crippen LogP contribution in [0.3, 0.4) is 0 Å². The highest BCUT2D eigenvalue weighted by Crippen LogP contribution is 2.18. The summed E-state index contributed by atoms with van der Waals surface area (Å²) in [6.07, 6.45) is 18.8. The molecule has 0 aliphatic carbocycles. The van der Waals surface area contributed by atoms with Gasteiger partial charge >= 0.3 is 5.97 Å². The molecule has 0 saturated carbocycles. The van der Waals surface area contributed by atoms with Gasteiger partial charge in [0.25, 0.3) is 0 Å². The first-order valence-electron chi connectivity index (χ1n) is 11.7. The van der Waals surface area contributed by atoms with Crippen molar-refractivity contribution in [3.8, 4) is 0 Å². The molecule has 0 bridgehead atoms. The number of benzene rings is 1. The minimum Gasteiger partial charge on any atom is -0.478 e. The van der Waals surface area contributed by atoms with Gasteiger partial charge in [-0.1, -0.05) is 90.4 Å². The quantitative estimate of drug-likeness (QED) is 0.265. The van der Waals surface area contributed by atoms with Crippen LogP contribution in [-0.2, 0) is 4.79 Å². The predicted molar refractivity (Wildman–Crippen MR) is 122 cm³/mol. The van der Waals surface area contributed by atoms with Crippen LogP contribution in [0.15, 0.2) is 18.2 Å². The van der Waals surface area contributed by atoms with E-state index in [1.54, 1.807) is 12.1 Å². The molecule has 0 aliphatic rings. The Labute approximate surface area is 177 Å². The fraction of sp³-hybridized carbons (Fsp3) is 0.680. The molecular weight excluding hydrogens is 362 g/mol. The SMILES string of the molecule is CCCCCCCCCCCCCCCCC(=O)Nc1ccc(C(=O)O)cc1C. The number of carboxylic acid groups (broad SMARTS) is 1. The number of aryl methyl sites for hydroxylation is 1. The predicted octanol–water partition coefficient (Wildman–Crippen LogP) is 7.50. The maximum absolute atomic E-state index is 12.1. The summed E-state index contributed by atoms with van der Waals surface area (Å²) in [5, 5.41) is 11.9. The van der Waals surface area contributed by atoms with E-state index in [0.29, 0.717) is 12.1 Å². The van der Waals surface area contributed by atoms with Crippen LogP contribution in [0.25, 0.3) is 0 Å². The maximum atomic E-state index is 12.1. The molecule has 0 spiro atoms. The minimum absolute atomic E-state index is 0.00936. The van der Waals surface area contributed by atoms with Crippen LogP contribution < -0.4 is 5.32 Å². The van der Waals surface area contributed by atoms with Gasteiger partial charge in [-0.2, -0.15) is 0 Å². The highest BCUT2D eigenvalue weighted by Gasteiger charge is 2.08. The number of carboxylic acids is 1. The molecule has 0 heterocycles. The minimum atomic E-state index is -0.951. The number of amides is 1. The maximum Gasteiger partial charge on any atom is 0.335 e. The molecule has 29 heavy (non-hydrogen) atoms. The van der Waals surface area contributed by atoms with E-state index >= 15 is 0 Å². The van der Waals surface area contributed by atoms with Crippen LogP contribution in [-0.4, -0.2) is 17.0 Å². The van der Waals surface area contributed by atoms with Gasteiger partial charge in [-0.25, -0.2) is 4.79 Å². The molecule has 0 atom stereocenters. The summed E-state index contributed by atoms with van der Waals surface area (Å²) in [5.74, 6) is -0.941. The summed E-state index contributed by atoms with van der Waals surface area (Å²) >= 11 is 0. The number of aromatic carboxylic acids is 1. The standard InChI is InChI=1S/C25H41NO3/c1-3-4-5-6-7-8-9-10-11-12-13-14-15-16-17-24(27)26-23-19-18-22(25(28)29)20-21(23)2/h18-20H,3-17H2,1-2H3,(H,26,27)(H,28,29). The van der Waals surface area contributed by atoms with Gasteiger partial charge in [0.15, 0.2) is 0 Å². The second-order valence-corrected chi connectivity index (χ2v) is 8.23. The fourth-order valence-electron chi connectivity index (χ4n) is 3.63. The molecule has 0 aromatic heterocycles. The highest BCUT2D eigenvalue weighted by molar-refractivity contribution is 5.93. The van der Waals surface area contributed by atoms with Crippen LogP contribution in [0.5, 0.6) is 0 Å². The molecule has 4 heteroatoms. The number of unbranched alkanes of at least 4 members (excludes halogenated alkanes) is 13. The Morgan fingerprint density at radius 1 is 0.793 bits per heavy atom. The third-order valence-corrected chi connectivity index (χ3v) is 5.50. The normalized spacial score (nSPS) is 10.8. The van der Waals surface area contributed by atoms with Gasteiger partial charge in [-0.05, 0) is 37.1 Å². The first-order valence-corrected chi connectivity index (χ1v) is 11.7. The van der Waals surface area contributed by atoms with Gasteiger partial charge in [0.2, 0.25) is 5.91 Å². The monoisotopic (exact) mass is 403 g/mol. The van der Waals surface area contributed by atoms with Crippen molar-refractivity contribution in [2.45, 2.75) is 110 Å². The van der Waals surface area contributed by atoms with Crippen molar-refractivity contribution >= 4 is 17.6 Å². The molecule has 1 rings (SSSR count). The average molecular weight is 404 g/mol. The van der Waals surface area contributed by atoms with Gasteiger partial charge in [-0.3, -0.25) is 4.79 Å². The number of carbonyl (C=O) groups is 2. The highest BCUT2D eigenvalue weighted by atomic mass is 16.4. The molecule has 2 N–H and O–H groups in total. The number of anilines is 1. The van der Waals surface area contributed by atoms with Crippen LogP contribution in [0, 0.1) is 6.92 Å². The van der Waals surface area contributed by atoms with Crippen molar-refractivity contribution in [1.29, 1.82) is 0 Å². The molecule has 0 unspecified atom stereocenters. The first-order chi connectivity index (χ1) is 14.0. The molecular formula is C25H41NO3. The lowest BCUT2D eigenvalue weighted by Gasteiger charge is -2.09. The van der Waals surface area contributed by atoms with Crippen molar-refractivity contribution in [2.24, 2.45) is 0 Å². The van der Waals surface area contributed by atoms with Crippen LogP contribution in [0.1, 0.15) is 119 Å². The average Bonchev–Trinajstić information content (AvgIpc) is 2.69. The van der Waals surface area contributed by atoms with Crippen LogP contribution >= 0.6 is 0 Å². The van der Waals surface area contributed by atoms with E-state index in [2.05, 4.69) is 12.2 Å². The lowest BCUT2D eigenvalue weighted by Crippen LogP contribution is -2.12. The zero-order valence-corrected chi connectivity index (χ0v) is 18.6. The third kappa shape index (κ3) is 12.4. The van der Waals surface area contributed by atoms with Crippen molar-refractivity contribution in [3.05, 3.63) is 29.3 Å². The Kier molecular flexibility index (Phi) is 13.9. The van der Waals surface area contributed by atoms with E-state index < -0.39 is 5.97 Å². The van der Waals surface area contributed by atoms with E-state index in [1.165, 1.54) is 83.1 Å². The van der Waals surface area contributed by atoms with Crippen LogP contribution in [0.2, 0.25) is 0 Å². The largest absolute Gasteiger partial charge is 0.478 e. The molecule has 4 nitrogen and oxygen atoms in total. The van der Waals surface area contributed by atoms with Gasteiger partial charge in [0.05, 0.1) is 5.56 Å². The number of hydrogen-bond acceptors (Lipinski definition) is 2. The van der Waals surface area contributed by atoms with E-state index in [4.69, 9.17) is 5.11 Å². The van der Waals surface area contributed by atoms with Crippen LogP contribution in [0.4, 0.5) is 5.69 Å². The summed E-state index contributed by atoms with van der Waals surface area (Å²) in [4.78, 5) is 23.0. The molecule has 164 valence electrons. The Morgan fingerprint density at radius 2 is 1.28 bits per heavy atom.